The van der Waals surface area contributed by atoms with Crippen LogP contribution < -0.4 is 11.1 Å². The minimum absolute atomic E-state index is 0.0102. The summed E-state index contributed by atoms with van der Waals surface area (Å²) in [4.78, 5) is 25.8. The summed E-state index contributed by atoms with van der Waals surface area (Å²) >= 11 is 0. The fourth-order valence-corrected chi connectivity index (χ4v) is 3.88. The molecule has 2 amide bonds. The smallest absolute Gasteiger partial charge is 0.238 e. The van der Waals surface area contributed by atoms with E-state index in [4.69, 9.17) is 5.73 Å². The molecular weight excluding hydrogens is 350 g/mol. The Bertz CT molecular complexity index is 791. The second kappa shape index (κ2) is 10.0. The fourth-order valence-electron chi connectivity index (χ4n) is 3.88. The number of piperidine rings is 1. The van der Waals surface area contributed by atoms with Crippen molar-refractivity contribution in [3.05, 3.63) is 65.7 Å². The van der Waals surface area contributed by atoms with E-state index in [0.717, 1.165) is 50.0 Å². The zero-order chi connectivity index (χ0) is 19.8. The Morgan fingerprint density at radius 3 is 2.61 bits per heavy atom. The first-order valence-corrected chi connectivity index (χ1v) is 10.0. The van der Waals surface area contributed by atoms with Crippen molar-refractivity contribution in [1.29, 1.82) is 0 Å². The molecule has 3 rings (SSSR count). The number of hydrogen-bond donors (Lipinski definition) is 2. The van der Waals surface area contributed by atoms with Crippen LogP contribution in [0, 0.1) is 5.92 Å². The number of hydrogen-bond acceptors (Lipinski definition) is 3. The summed E-state index contributed by atoms with van der Waals surface area (Å²) in [7, 11) is 0. The molecule has 0 radical (unpaired) electrons. The number of rotatable bonds is 8. The summed E-state index contributed by atoms with van der Waals surface area (Å²) < 4.78 is 0. The summed E-state index contributed by atoms with van der Waals surface area (Å²) in [5.41, 5.74) is 8.47. The Balaban J connectivity index is 1.55. The summed E-state index contributed by atoms with van der Waals surface area (Å²) in [5, 5.41) is 3.09. The third-order valence-corrected chi connectivity index (χ3v) is 5.30. The van der Waals surface area contributed by atoms with Gasteiger partial charge in [0.15, 0.2) is 0 Å². The molecule has 0 aliphatic carbocycles. The van der Waals surface area contributed by atoms with Crippen LogP contribution in [0.5, 0.6) is 0 Å². The van der Waals surface area contributed by atoms with Gasteiger partial charge < -0.3 is 11.1 Å². The number of para-hydroxylation sites is 1. The molecule has 1 fully saturated rings. The van der Waals surface area contributed by atoms with Crippen molar-refractivity contribution < 1.29 is 9.59 Å². The van der Waals surface area contributed by atoms with Gasteiger partial charge in [-0.05, 0) is 55.3 Å². The van der Waals surface area contributed by atoms with Crippen molar-refractivity contribution in [3.8, 4) is 0 Å². The zero-order valence-electron chi connectivity index (χ0n) is 16.3. The van der Waals surface area contributed by atoms with Crippen LogP contribution in [-0.2, 0) is 16.0 Å². The molecule has 2 aromatic rings. The van der Waals surface area contributed by atoms with Crippen LogP contribution in [-0.4, -0.2) is 36.3 Å². The molecule has 1 atom stereocenters. The van der Waals surface area contributed by atoms with Crippen LogP contribution in [0.15, 0.2) is 54.6 Å². The first-order valence-electron chi connectivity index (χ1n) is 10.0. The molecule has 0 bridgehead atoms. The number of amides is 2. The maximum atomic E-state index is 12.6. The number of anilines is 1. The molecule has 5 nitrogen and oxygen atoms in total. The molecule has 0 spiro atoms. The average Bonchev–Trinajstić information content (AvgIpc) is 2.69. The van der Waals surface area contributed by atoms with Crippen molar-refractivity contribution in [2.75, 3.05) is 25.0 Å². The standard InChI is InChI=1S/C23H29N3O2/c24-22(27)13-12-19-9-6-14-26(16-19)17-23(28)25-21-11-5-4-10-20(21)15-18-7-2-1-3-8-18/h1-5,7-8,10-11,19H,6,9,12-17H2,(H2,24,27)(H,25,28). The topological polar surface area (TPSA) is 75.4 Å². The largest absolute Gasteiger partial charge is 0.370 e. The van der Waals surface area contributed by atoms with E-state index in [1.54, 1.807) is 0 Å². The molecule has 1 aliphatic heterocycles. The van der Waals surface area contributed by atoms with Gasteiger partial charge in [0, 0.05) is 18.7 Å². The Labute approximate surface area is 166 Å². The Kier molecular flexibility index (Phi) is 7.20. The molecular formula is C23H29N3O2. The van der Waals surface area contributed by atoms with E-state index < -0.39 is 0 Å². The first-order chi connectivity index (χ1) is 13.6. The van der Waals surface area contributed by atoms with Crippen LogP contribution in [0.2, 0.25) is 0 Å². The first kappa shape index (κ1) is 20.1. The van der Waals surface area contributed by atoms with E-state index in [9.17, 15) is 9.59 Å². The number of benzene rings is 2. The van der Waals surface area contributed by atoms with E-state index in [1.807, 2.05) is 36.4 Å². The lowest BCUT2D eigenvalue weighted by Crippen LogP contribution is -2.40. The van der Waals surface area contributed by atoms with Crippen LogP contribution in [0.1, 0.15) is 36.8 Å². The molecule has 28 heavy (non-hydrogen) atoms. The van der Waals surface area contributed by atoms with Crippen LogP contribution in [0.4, 0.5) is 5.69 Å². The van der Waals surface area contributed by atoms with Crippen LogP contribution >= 0.6 is 0 Å². The van der Waals surface area contributed by atoms with Gasteiger partial charge >= 0.3 is 0 Å². The summed E-state index contributed by atoms with van der Waals surface area (Å²) in [6.07, 6.45) is 4.19. The monoisotopic (exact) mass is 379 g/mol. The third kappa shape index (κ3) is 6.20. The second-order valence-corrected chi connectivity index (χ2v) is 7.62. The van der Waals surface area contributed by atoms with Gasteiger partial charge in [0.2, 0.25) is 11.8 Å². The molecule has 1 unspecified atom stereocenters. The average molecular weight is 380 g/mol. The van der Waals surface area contributed by atoms with Crippen molar-refractivity contribution >= 4 is 17.5 Å². The van der Waals surface area contributed by atoms with Crippen LogP contribution in [0.25, 0.3) is 0 Å². The summed E-state index contributed by atoms with van der Waals surface area (Å²) in [5.74, 6) is 0.209. The van der Waals surface area contributed by atoms with Crippen molar-refractivity contribution in [3.63, 3.8) is 0 Å². The van der Waals surface area contributed by atoms with E-state index in [0.29, 0.717) is 18.9 Å². The quantitative estimate of drug-likeness (QED) is 0.740. The molecule has 5 heteroatoms. The molecule has 0 saturated carbocycles. The normalized spacial score (nSPS) is 17.2. The Hall–Kier alpha value is -2.66. The molecule has 3 N–H and O–H groups in total. The van der Waals surface area contributed by atoms with E-state index in [-0.39, 0.29) is 11.8 Å². The van der Waals surface area contributed by atoms with E-state index in [2.05, 4.69) is 28.4 Å². The number of nitrogens with zero attached hydrogens (tertiary/aromatic N) is 1. The second-order valence-electron chi connectivity index (χ2n) is 7.62. The number of carbonyl (C=O) groups excluding carboxylic acids is 2. The predicted molar refractivity (Wildman–Crippen MR) is 112 cm³/mol. The molecule has 1 heterocycles. The highest BCUT2D eigenvalue weighted by Gasteiger charge is 2.22. The van der Waals surface area contributed by atoms with Gasteiger partial charge in [-0.15, -0.1) is 0 Å². The van der Waals surface area contributed by atoms with Crippen LogP contribution in [0.3, 0.4) is 0 Å². The highest BCUT2D eigenvalue weighted by atomic mass is 16.2. The fraction of sp³-hybridized carbons (Fsp3) is 0.391. The van der Waals surface area contributed by atoms with E-state index >= 15 is 0 Å². The number of likely N-dealkylation sites (tertiary alicyclic amines) is 1. The van der Waals surface area contributed by atoms with Crippen molar-refractivity contribution in [2.24, 2.45) is 11.7 Å². The van der Waals surface area contributed by atoms with E-state index in [1.165, 1.54) is 5.56 Å². The lowest BCUT2D eigenvalue weighted by atomic mass is 9.93. The number of nitrogens with one attached hydrogen (secondary N) is 1. The zero-order valence-corrected chi connectivity index (χ0v) is 16.3. The van der Waals surface area contributed by atoms with Crippen molar-refractivity contribution in [2.45, 2.75) is 32.1 Å². The van der Waals surface area contributed by atoms with Gasteiger partial charge in [-0.1, -0.05) is 48.5 Å². The highest BCUT2D eigenvalue weighted by molar-refractivity contribution is 5.93. The van der Waals surface area contributed by atoms with Gasteiger partial charge in [-0.3, -0.25) is 14.5 Å². The third-order valence-electron chi connectivity index (χ3n) is 5.30. The minimum atomic E-state index is -0.245. The van der Waals surface area contributed by atoms with Gasteiger partial charge in [0.1, 0.15) is 0 Å². The summed E-state index contributed by atoms with van der Waals surface area (Å²) in [6.45, 7) is 2.16. The lowest BCUT2D eigenvalue weighted by Gasteiger charge is -2.32. The molecule has 2 aromatic carbocycles. The van der Waals surface area contributed by atoms with Gasteiger partial charge in [-0.25, -0.2) is 0 Å². The predicted octanol–water partition coefficient (Wildman–Crippen LogP) is 3.19. The van der Waals surface area contributed by atoms with Crippen molar-refractivity contribution in [1.82, 2.24) is 4.90 Å². The lowest BCUT2D eigenvalue weighted by molar-refractivity contribution is -0.119. The number of primary amides is 1. The SMILES string of the molecule is NC(=O)CCC1CCCN(CC(=O)Nc2ccccc2Cc2ccccc2)C1. The molecule has 148 valence electrons. The van der Waals surface area contributed by atoms with Gasteiger partial charge in [0.05, 0.1) is 6.54 Å². The molecule has 1 aliphatic rings. The number of carbonyl (C=O) groups is 2. The minimum Gasteiger partial charge on any atom is -0.370 e. The number of nitrogens with two attached hydrogens (primary N) is 1. The van der Waals surface area contributed by atoms with Gasteiger partial charge in [-0.2, -0.15) is 0 Å². The van der Waals surface area contributed by atoms with Gasteiger partial charge in [0.25, 0.3) is 0 Å². The maximum Gasteiger partial charge on any atom is 0.238 e. The molecule has 0 aromatic heterocycles. The molecule has 1 saturated heterocycles. The Morgan fingerprint density at radius 2 is 1.82 bits per heavy atom. The highest BCUT2D eigenvalue weighted by Crippen LogP contribution is 2.22. The Morgan fingerprint density at radius 1 is 1.07 bits per heavy atom. The summed E-state index contributed by atoms with van der Waals surface area (Å²) in [6, 6.07) is 18.2. The maximum absolute atomic E-state index is 12.6.